The van der Waals surface area contributed by atoms with Crippen molar-refractivity contribution < 1.29 is 29.0 Å². The minimum atomic E-state index is -1.41. The molecule has 2 heterocycles. The maximum absolute atomic E-state index is 15.3. The zero-order chi connectivity index (χ0) is 34.0. The van der Waals surface area contributed by atoms with Gasteiger partial charge in [0.15, 0.2) is 11.5 Å². The fourth-order valence-electron chi connectivity index (χ4n) is 8.98. The molecule has 1 N–H and O–H groups in total. The van der Waals surface area contributed by atoms with Crippen LogP contribution in [0.2, 0.25) is 5.02 Å². The number of likely N-dealkylation sites (tertiary alicyclic amines) is 1. The highest BCUT2D eigenvalue weighted by atomic mass is 35.5. The minimum Gasteiger partial charge on any atom is -0.504 e. The van der Waals surface area contributed by atoms with Crippen molar-refractivity contribution in [2.45, 2.75) is 30.7 Å². The van der Waals surface area contributed by atoms with Gasteiger partial charge in [0, 0.05) is 10.9 Å². The monoisotopic (exact) mass is 672 g/mol. The van der Waals surface area contributed by atoms with Gasteiger partial charge in [-0.1, -0.05) is 96.0 Å². The third-order valence-electron chi connectivity index (χ3n) is 11.0. The number of anilines is 1. The van der Waals surface area contributed by atoms with Gasteiger partial charge >= 0.3 is 0 Å². The highest BCUT2D eigenvalue weighted by Crippen LogP contribution is 2.64. The Labute approximate surface area is 288 Å². The fraction of sp³-hybridized carbons (Fsp3) is 0.250. The number of rotatable bonds is 6. The van der Waals surface area contributed by atoms with Gasteiger partial charge in [-0.2, -0.15) is 0 Å². The molecule has 4 amide bonds. The van der Waals surface area contributed by atoms with E-state index in [4.69, 9.17) is 16.3 Å². The van der Waals surface area contributed by atoms with Crippen molar-refractivity contribution in [2.75, 3.05) is 12.0 Å². The lowest BCUT2D eigenvalue weighted by atomic mass is 9.49. The average molecular weight is 673 g/mol. The maximum atomic E-state index is 15.3. The molecule has 4 aromatic carbocycles. The van der Waals surface area contributed by atoms with Gasteiger partial charge in [0.05, 0.1) is 42.5 Å². The first-order valence-electron chi connectivity index (χ1n) is 16.4. The number of benzene rings is 4. The Morgan fingerprint density at radius 1 is 0.837 bits per heavy atom. The molecular formula is C40H33ClN2O6. The Bertz CT molecular complexity index is 2050. The van der Waals surface area contributed by atoms with Crippen LogP contribution < -0.4 is 9.64 Å². The molecule has 1 saturated carbocycles. The largest absolute Gasteiger partial charge is 0.504 e. The molecule has 0 spiro atoms. The molecule has 0 aromatic heterocycles. The van der Waals surface area contributed by atoms with Crippen LogP contribution in [0.1, 0.15) is 35.4 Å². The third-order valence-corrected chi connectivity index (χ3v) is 11.2. The first-order valence-corrected chi connectivity index (χ1v) is 16.8. The highest BCUT2D eigenvalue weighted by molar-refractivity contribution is 6.32. The van der Waals surface area contributed by atoms with Gasteiger partial charge in [-0.25, -0.2) is 4.90 Å². The summed E-state index contributed by atoms with van der Waals surface area (Å²) in [5.41, 5.74) is 1.97. The Morgan fingerprint density at radius 2 is 1.57 bits per heavy atom. The number of amides is 4. The van der Waals surface area contributed by atoms with E-state index in [0.29, 0.717) is 28.3 Å². The predicted octanol–water partition coefficient (Wildman–Crippen LogP) is 6.42. The number of imide groups is 2. The van der Waals surface area contributed by atoms with Gasteiger partial charge in [0.1, 0.15) is 0 Å². The molecule has 8 nitrogen and oxygen atoms in total. The zero-order valence-corrected chi connectivity index (χ0v) is 27.4. The predicted molar refractivity (Wildman–Crippen MR) is 183 cm³/mol. The van der Waals surface area contributed by atoms with Gasteiger partial charge in [0.25, 0.3) is 0 Å². The molecule has 4 aromatic rings. The van der Waals surface area contributed by atoms with E-state index in [1.807, 2.05) is 66.7 Å². The number of hydrogen-bond donors (Lipinski definition) is 1. The molecule has 49 heavy (non-hydrogen) atoms. The van der Waals surface area contributed by atoms with Crippen LogP contribution in [0, 0.1) is 23.7 Å². The number of phenolic OH excluding ortho intramolecular Hbond substituents is 1. The van der Waals surface area contributed by atoms with Crippen LogP contribution in [0.25, 0.3) is 0 Å². The Balaban J connectivity index is 1.33. The quantitative estimate of drug-likeness (QED) is 0.187. The summed E-state index contributed by atoms with van der Waals surface area (Å²) < 4.78 is 5.53. The number of methoxy groups -OCH3 is 1. The molecule has 2 aliphatic carbocycles. The second-order valence-corrected chi connectivity index (χ2v) is 13.7. The van der Waals surface area contributed by atoms with E-state index in [0.717, 1.165) is 11.1 Å². The average Bonchev–Trinajstić information content (AvgIpc) is 3.50. The second kappa shape index (κ2) is 11.7. The summed E-state index contributed by atoms with van der Waals surface area (Å²) in [4.78, 5) is 61.0. The number of carbonyl (C=O) groups is 4. The Morgan fingerprint density at radius 3 is 2.29 bits per heavy atom. The fourth-order valence-corrected chi connectivity index (χ4v) is 9.16. The molecular weight excluding hydrogens is 640 g/mol. The molecule has 8 rings (SSSR count). The Kier molecular flexibility index (Phi) is 7.45. The van der Waals surface area contributed by atoms with Crippen molar-refractivity contribution in [1.82, 2.24) is 4.90 Å². The summed E-state index contributed by atoms with van der Waals surface area (Å²) >= 11 is 6.39. The molecule has 4 aliphatic rings. The van der Waals surface area contributed by atoms with Crippen molar-refractivity contribution in [1.29, 1.82) is 0 Å². The number of hydrogen-bond acceptors (Lipinski definition) is 6. The van der Waals surface area contributed by atoms with E-state index >= 15 is 4.79 Å². The molecule has 2 saturated heterocycles. The SMILES string of the molecule is COc1cc(C2C3=CCC4C(=O)N(Cc5ccccc5)C(=O)C4C3CC3C(=O)N(c4cccc(Cl)c4)C(=O)C32c2ccccc2)ccc1O. The van der Waals surface area contributed by atoms with E-state index in [1.54, 1.807) is 36.4 Å². The van der Waals surface area contributed by atoms with Gasteiger partial charge in [-0.15, -0.1) is 0 Å². The van der Waals surface area contributed by atoms with E-state index in [-0.39, 0.29) is 42.2 Å². The molecule has 246 valence electrons. The summed E-state index contributed by atoms with van der Waals surface area (Å²) in [6.07, 6.45) is 2.55. The van der Waals surface area contributed by atoms with Crippen LogP contribution in [0.15, 0.2) is 115 Å². The highest BCUT2D eigenvalue weighted by Gasteiger charge is 2.70. The van der Waals surface area contributed by atoms with Crippen molar-refractivity contribution >= 4 is 40.9 Å². The molecule has 0 bridgehead atoms. The minimum absolute atomic E-state index is 0.0656. The number of ether oxygens (including phenoxy) is 1. The normalized spacial score (nSPS) is 27.5. The van der Waals surface area contributed by atoms with Gasteiger partial charge in [0.2, 0.25) is 23.6 Å². The van der Waals surface area contributed by atoms with Gasteiger partial charge in [-0.05, 0) is 65.8 Å². The molecule has 9 heteroatoms. The number of phenols is 1. The van der Waals surface area contributed by atoms with Gasteiger partial charge in [-0.3, -0.25) is 24.1 Å². The van der Waals surface area contributed by atoms with Crippen molar-refractivity contribution in [3.8, 4) is 11.5 Å². The van der Waals surface area contributed by atoms with E-state index in [1.165, 1.54) is 23.0 Å². The van der Waals surface area contributed by atoms with Crippen LogP contribution in [-0.4, -0.2) is 40.7 Å². The summed E-state index contributed by atoms with van der Waals surface area (Å²) in [5.74, 6) is -4.44. The van der Waals surface area contributed by atoms with Gasteiger partial charge < -0.3 is 9.84 Å². The number of carbonyl (C=O) groups excluding carboxylic acids is 4. The lowest BCUT2D eigenvalue weighted by Crippen LogP contribution is -2.53. The standard InChI is InChI=1S/C40H33ClN2O6/c1-49-33-19-24(15-18-32(33)44)35-28-16-17-29-34(38(47)42(36(29)45)22-23-9-4-2-5-10-23)30(28)21-31-37(46)43(27-14-8-13-26(41)20-27)39(48)40(31,35)25-11-6-3-7-12-25/h2-16,18-20,29-31,34-35,44H,17,21-22H2,1H3. The molecule has 2 aliphatic heterocycles. The Hall–Kier alpha value is -5.21. The van der Waals surface area contributed by atoms with Crippen LogP contribution >= 0.6 is 11.6 Å². The second-order valence-electron chi connectivity index (χ2n) is 13.3. The number of halogens is 1. The smallest absolute Gasteiger partial charge is 0.246 e. The van der Waals surface area contributed by atoms with Crippen molar-refractivity contribution in [3.05, 3.63) is 136 Å². The van der Waals surface area contributed by atoms with Crippen LogP contribution in [-0.2, 0) is 31.1 Å². The summed E-state index contributed by atoms with van der Waals surface area (Å²) in [6, 6.07) is 30.4. The zero-order valence-electron chi connectivity index (χ0n) is 26.7. The van der Waals surface area contributed by atoms with Crippen LogP contribution in [0.5, 0.6) is 11.5 Å². The van der Waals surface area contributed by atoms with E-state index < -0.39 is 40.9 Å². The summed E-state index contributed by atoms with van der Waals surface area (Å²) in [7, 11) is 1.46. The third kappa shape index (κ3) is 4.57. The first kappa shape index (κ1) is 31.1. The molecule has 3 fully saturated rings. The lowest BCUT2D eigenvalue weighted by molar-refractivity contribution is -0.141. The summed E-state index contributed by atoms with van der Waals surface area (Å²) in [6.45, 7) is 0.170. The molecule has 6 atom stereocenters. The maximum Gasteiger partial charge on any atom is 0.246 e. The first-order chi connectivity index (χ1) is 23.7. The van der Waals surface area contributed by atoms with Crippen LogP contribution in [0.3, 0.4) is 0 Å². The number of nitrogens with zero attached hydrogens (tertiary/aromatic N) is 2. The van der Waals surface area contributed by atoms with E-state index in [2.05, 4.69) is 0 Å². The topological polar surface area (TPSA) is 104 Å². The van der Waals surface area contributed by atoms with Crippen LogP contribution in [0.4, 0.5) is 5.69 Å². The van der Waals surface area contributed by atoms with Crippen molar-refractivity contribution in [2.24, 2.45) is 23.7 Å². The van der Waals surface area contributed by atoms with E-state index in [9.17, 15) is 19.5 Å². The molecule has 6 unspecified atom stereocenters. The lowest BCUT2D eigenvalue weighted by Gasteiger charge is -2.50. The number of aromatic hydroxyl groups is 1. The summed E-state index contributed by atoms with van der Waals surface area (Å²) in [5, 5.41) is 11.0. The van der Waals surface area contributed by atoms with Crippen molar-refractivity contribution in [3.63, 3.8) is 0 Å². The molecule has 0 radical (unpaired) electrons. The number of fused-ring (bicyclic) bond motifs is 4. The number of allylic oxidation sites excluding steroid dienone is 2.